The number of hydrogen-bond acceptors (Lipinski definition) is 2. The Morgan fingerprint density at radius 1 is 1.36 bits per heavy atom. The van der Waals surface area contributed by atoms with Crippen LogP contribution in [0, 0.1) is 0 Å². The zero-order valence-electron chi connectivity index (χ0n) is 8.11. The normalized spacial score (nSPS) is 34.3. The van der Waals surface area contributed by atoms with Crippen LogP contribution >= 0.6 is 0 Å². The van der Waals surface area contributed by atoms with Crippen LogP contribution in [0.4, 0.5) is 0 Å². The van der Waals surface area contributed by atoms with Crippen LogP contribution in [0.2, 0.25) is 0 Å². The van der Waals surface area contributed by atoms with Crippen molar-refractivity contribution in [1.82, 2.24) is 0 Å². The Labute approximate surface area is 83.7 Å². The first-order valence-corrected chi connectivity index (χ1v) is 5.34. The average molecular weight is 189 g/mol. The molecular formula is C12H15NO. The molecule has 3 atom stereocenters. The molecule has 1 aromatic rings. The maximum atomic E-state index is 9.98. The molecule has 14 heavy (non-hydrogen) atoms. The second-order valence-corrected chi connectivity index (χ2v) is 4.44. The van der Waals surface area contributed by atoms with Crippen LogP contribution in [-0.4, -0.2) is 11.1 Å². The molecule has 74 valence electrons. The molecule has 3 N–H and O–H groups in total. The van der Waals surface area contributed by atoms with Crippen LogP contribution in [-0.2, 0) is 6.42 Å². The van der Waals surface area contributed by atoms with E-state index in [1.165, 1.54) is 17.5 Å². The molecule has 0 saturated carbocycles. The van der Waals surface area contributed by atoms with Gasteiger partial charge in [0.05, 0.1) is 6.10 Å². The third-order valence-corrected chi connectivity index (χ3v) is 3.71. The number of aryl methyl sites for hydroxylation is 1. The van der Waals surface area contributed by atoms with Crippen LogP contribution in [0.5, 0.6) is 0 Å². The fraction of sp³-hybridized carbons (Fsp3) is 0.500. The summed E-state index contributed by atoms with van der Waals surface area (Å²) in [6.45, 7) is 0. The van der Waals surface area contributed by atoms with Crippen molar-refractivity contribution in [1.29, 1.82) is 0 Å². The molecular weight excluding hydrogens is 174 g/mol. The van der Waals surface area contributed by atoms with Gasteiger partial charge >= 0.3 is 0 Å². The van der Waals surface area contributed by atoms with E-state index in [2.05, 4.69) is 6.07 Å². The number of aliphatic hydroxyl groups is 1. The summed E-state index contributed by atoms with van der Waals surface area (Å²) in [5.41, 5.74) is 9.89. The average Bonchev–Trinajstić information content (AvgIpc) is 2.47. The van der Waals surface area contributed by atoms with Crippen molar-refractivity contribution in [2.45, 2.75) is 37.3 Å². The molecule has 0 fully saturated rings. The van der Waals surface area contributed by atoms with Gasteiger partial charge in [0.1, 0.15) is 0 Å². The third-order valence-electron chi connectivity index (χ3n) is 3.71. The molecule has 0 aromatic heterocycles. The minimum Gasteiger partial charge on any atom is -0.387 e. The van der Waals surface area contributed by atoms with E-state index < -0.39 is 6.10 Å². The molecule has 3 unspecified atom stereocenters. The van der Waals surface area contributed by atoms with Gasteiger partial charge < -0.3 is 10.8 Å². The molecule has 2 nitrogen and oxygen atoms in total. The zero-order valence-corrected chi connectivity index (χ0v) is 8.11. The third kappa shape index (κ3) is 0.928. The van der Waals surface area contributed by atoms with Crippen molar-refractivity contribution < 1.29 is 5.11 Å². The summed E-state index contributed by atoms with van der Waals surface area (Å²) in [5, 5.41) is 9.98. The minimum absolute atomic E-state index is 0.0774. The van der Waals surface area contributed by atoms with Gasteiger partial charge in [0.2, 0.25) is 0 Å². The SMILES string of the molecule is NC1C(O)c2cccc3c2C1CCC3. The number of aliphatic hydroxyl groups excluding tert-OH is 1. The monoisotopic (exact) mass is 189 g/mol. The van der Waals surface area contributed by atoms with Crippen molar-refractivity contribution in [2.75, 3.05) is 0 Å². The molecule has 0 bridgehead atoms. The topological polar surface area (TPSA) is 46.2 Å². The Balaban J connectivity index is 2.22. The maximum absolute atomic E-state index is 9.98. The van der Waals surface area contributed by atoms with Crippen molar-refractivity contribution in [3.63, 3.8) is 0 Å². The van der Waals surface area contributed by atoms with Crippen LogP contribution in [0.25, 0.3) is 0 Å². The lowest BCUT2D eigenvalue weighted by atomic mass is 9.83. The lowest BCUT2D eigenvalue weighted by Gasteiger charge is -2.24. The Hall–Kier alpha value is -0.860. The first kappa shape index (κ1) is 8.45. The molecule has 0 aliphatic heterocycles. The van der Waals surface area contributed by atoms with Crippen molar-refractivity contribution in [2.24, 2.45) is 5.73 Å². The lowest BCUT2D eigenvalue weighted by molar-refractivity contribution is 0.148. The predicted molar refractivity (Wildman–Crippen MR) is 55.1 cm³/mol. The quantitative estimate of drug-likeness (QED) is 0.649. The van der Waals surface area contributed by atoms with E-state index in [9.17, 15) is 5.11 Å². The summed E-state index contributed by atoms with van der Waals surface area (Å²) in [5.74, 6) is 0.407. The van der Waals surface area contributed by atoms with Gasteiger partial charge in [0.15, 0.2) is 0 Å². The summed E-state index contributed by atoms with van der Waals surface area (Å²) < 4.78 is 0. The largest absolute Gasteiger partial charge is 0.387 e. The summed E-state index contributed by atoms with van der Waals surface area (Å²) in [4.78, 5) is 0. The fourth-order valence-corrected chi connectivity index (χ4v) is 3.03. The summed E-state index contributed by atoms with van der Waals surface area (Å²) in [6, 6.07) is 6.16. The summed E-state index contributed by atoms with van der Waals surface area (Å²) in [7, 11) is 0. The molecule has 0 heterocycles. The Morgan fingerprint density at radius 3 is 3.07 bits per heavy atom. The highest BCUT2D eigenvalue weighted by Gasteiger charge is 2.39. The highest BCUT2D eigenvalue weighted by atomic mass is 16.3. The van der Waals surface area contributed by atoms with Crippen LogP contribution in [0.15, 0.2) is 18.2 Å². The lowest BCUT2D eigenvalue weighted by Crippen LogP contribution is -2.29. The van der Waals surface area contributed by atoms with Crippen LogP contribution < -0.4 is 5.73 Å². The Morgan fingerprint density at radius 2 is 2.21 bits per heavy atom. The Kier molecular flexibility index (Phi) is 1.70. The van der Waals surface area contributed by atoms with Crippen molar-refractivity contribution in [3.05, 3.63) is 34.9 Å². The summed E-state index contributed by atoms with van der Waals surface area (Å²) in [6.07, 6.45) is 3.07. The Bertz CT molecular complexity index is 375. The van der Waals surface area contributed by atoms with Crippen LogP contribution in [0.3, 0.4) is 0 Å². The van der Waals surface area contributed by atoms with Gasteiger partial charge in [-0.15, -0.1) is 0 Å². The highest BCUT2D eigenvalue weighted by molar-refractivity contribution is 5.46. The van der Waals surface area contributed by atoms with E-state index in [-0.39, 0.29) is 6.04 Å². The highest BCUT2D eigenvalue weighted by Crippen LogP contribution is 2.46. The molecule has 1 aromatic carbocycles. The van der Waals surface area contributed by atoms with Gasteiger partial charge in [-0.3, -0.25) is 0 Å². The summed E-state index contributed by atoms with van der Waals surface area (Å²) >= 11 is 0. The van der Waals surface area contributed by atoms with Crippen molar-refractivity contribution >= 4 is 0 Å². The van der Waals surface area contributed by atoms with E-state index in [1.54, 1.807) is 0 Å². The number of hydrogen-bond donors (Lipinski definition) is 2. The zero-order chi connectivity index (χ0) is 9.71. The number of benzene rings is 1. The molecule has 2 heteroatoms. The number of nitrogens with two attached hydrogens (primary N) is 1. The van der Waals surface area contributed by atoms with Crippen molar-refractivity contribution in [3.8, 4) is 0 Å². The van der Waals surface area contributed by atoms with Gasteiger partial charge in [-0.25, -0.2) is 0 Å². The van der Waals surface area contributed by atoms with E-state index in [0.717, 1.165) is 18.4 Å². The predicted octanol–water partition coefficient (Wildman–Crippen LogP) is 1.48. The first-order chi connectivity index (χ1) is 6.79. The van der Waals surface area contributed by atoms with Gasteiger partial charge in [-0.05, 0) is 36.0 Å². The molecule has 2 aliphatic carbocycles. The molecule has 0 amide bonds. The fourth-order valence-electron chi connectivity index (χ4n) is 3.03. The van der Waals surface area contributed by atoms with Crippen LogP contribution in [0.1, 0.15) is 41.6 Å². The molecule has 2 aliphatic rings. The van der Waals surface area contributed by atoms with E-state index in [0.29, 0.717) is 5.92 Å². The molecule has 0 radical (unpaired) electrons. The van der Waals surface area contributed by atoms with E-state index in [1.807, 2.05) is 12.1 Å². The van der Waals surface area contributed by atoms with Gasteiger partial charge in [-0.1, -0.05) is 18.2 Å². The number of rotatable bonds is 0. The molecule has 0 saturated heterocycles. The smallest absolute Gasteiger partial charge is 0.0949 e. The molecule has 3 rings (SSSR count). The van der Waals surface area contributed by atoms with Gasteiger partial charge in [-0.2, -0.15) is 0 Å². The van der Waals surface area contributed by atoms with E-state index in [4.69, 9.17) is 5.73 Å². The maximum Gasteiger partial charge on any atom is 0.0949 e. The second-order valence-electron chi connectivity index (χ2n) is 4.44. The first-order valence-electron chi connectivity index (χ1n) is 5.34. The second kappa shape index (κ2) is 2.81. The minimum atomic E-state index is -0.437. The van der Waals surface area contributed by atoms with Gasteiger partial charge in [0, 0.05) is 12.0 Å². The standard InChI is InChI=1S/C12H15NO/c13-11-8-5-1-3-7-4-2-6-9(10(7)8)12(11)14/h2,4,6,8,11-12,14H,1,3,5,13H2. The molecule has 0 spiro atoms. The van der Waals surface area contributed by atoms with Gasteiger partial charge in [0.25, 0.3) is 0 Å². The van der Waals surface area contributed by atoms with E-state index >= 15 is 0 Å².